The van der Waals surface area contributed by atoms with Crippen molar-refractivity contribution in [1.29, 1.82) is 0 Å². The van der Waals surface area contributed by atoms with Gasteiger partial charge in [-0.15, -0.1) is 0 Å². The molecule has 1 nitrogen and oxygen atoms in total. The Balaban J connectivity index is 2.24. The second-order valence-corrected chi connectivity index (χ2v) is 5.36. The lowest BCUT2D eigenvalue weighted by atomic mass is 9.82. The average Bonchev–Trinajstić information content (AvgIpc) is 2.85. The molecule has 78 valence electrons. The van der Waals surface area contributed by atoms with Gasteiger partial charge < -0.3 is 5.73 Å². The molecule has 1 atom stereocenters. The SMILES string of the molecule is CC(C)C1=CCC(N)C(C2(C)CC2)=C1. The normalized spacial score (nSPS) is 29.9. The van der Waals surface area contributed by atoms with E-state index in [1.54, 1.807) is 0 Å². The minimum absolute atomic E-state index is 0.282. The summed E-state index contributed by atoms with van der Waals surface area (Å²) in [4.78, 5) is 0. The van der Waals surface area contributed by atoms with Gasteiger partial charge in [-0.2, -0.15) is 0 Å². The maximum atomic E-state index is 6.15. The summed E-state index contributed by atoms with van der Waals surface area (Å²) in [6, 6.07) is 0.282. The van der Waals surface area contributed by atoms with Crippen molar-refractivity contribution in [2.45, 2.75) is 46.1 Å². The van der Waals surface area contributed by atoms with Crippen LogP contribution in [0.3, 0.4) is 0 Å². The molecule has 0 heterocycles. The molecule has 14 heavy (non-hydrogen) atoms. The zero-order valence-electron chi connectivity index (χ0n) is 9.51. The van der Waals surface area contributed by atoms with Gasteiger partial charge in [0.2, 0.25) is 0 Å². The van der Waals surface area contributed by atoms with Gasteiger partial charge in [0.15, 0.2) is 0 Å². The highest BCUT2D eigenvalue weighted by atomic mass is 14.7. The maximum Gasteiger partial charge on any atom is 0.0297 e. The fourth-order valence-corrected chi connectivity index (χ4v) is 2.24. The molecule has 0 bridgehead atoms. The van der Waals surface area contributed by atoms with Crippen LogP contribution in [0.2, 0.25) is 0 Å². The first-order valence-corrected chi connectivity index (χ1v) is 5.71. The molecule has 2 N–H and O–H groups in total. The third-order valence-electron chi connectivity index (χ3n) is 3.69. The Morgan fingerprint density at radius 2 is 2.07 bits per heavy atom. The molecule has 1 saturated carbocycles. The molecular formula is C13H21N. The van der Waals surface area contributed by atoms with E-state index in [2.05, 4.69) is 32.9 Å². The molecule has 0 aromatic carbocycles. The second-order valence-electron chi connectivity index (χ2n) is 5.36. The molecule has 0 aromatic rings. The quantitative estimate of drug-likeness (QED) is 0.713. The van der Waals surface area contributed by atoms with E-state index in [4.69, 9.17) is 5.73 Å². The second kappa shape index (κ2) is 3.23. The summed E-state index contributed by atoms with van der Waals surface area (Å²) in [7, 11) is 0. The predicted octanol–water partition coefficient (Wildman–Crippen LogP) is 3.03. The van der Waals surface area contributed by atoms with Crippen LogP contribution in [0.15, 0.2) is 23.3 Å². The standard InChI is InChI=1S/C13H21N/c1-9(2)10-4-5-12(14)11(8-10)13(3)6-7-13/h4,8-9,12H,5-7,14H2,1-3H3. The van der Waals surface area contributed by atoms with E-state index in [-0.39, 0.29) is 6.04 Å². The van der Waals surface area contributed by atoms with Crippen molar-refractivity contribution in [2.75, 3.05) is 0 Å². The van der Waals surface area contributed by atoms with Gasteiger partial charge in [0.25, 0.3) is 0 Å². The van der Waals surface area contributed by atoms with E-state index in [0.717, 1.165) is 6.42 Å². The summed E-state index contributed by atoms with van der Waals surface area (Å²) in [5.41, 5.74) is 9.59. The highest BCUT2D eigenvalue weighted by molar-refractivity contribution is 5.38. The molecule has 0 saturated heterocycles. The van der Waals surface area contributed by atoms with Crippen LogP contribution in [-0.4, -0.2) is 6.04 Å². The van der Waals surface area contributed by atoms with Crippen LogP contribution in [-0.2, 0) is 0 Å². The van der Waals surface area contributed by atoms with Crippen LogP contribution in [0.25, 0.3) is 0 Å². The Morgan fingerprint density at radius 1 is 1.43 bits per heavy atom. The van der Waals surface area contributed by atoms with Crippen molar-refractivity contribution in [1.82, 2.24) is 0 Å². The molecule has 2 rings (SSSR count). The fourth-order valence-electron chi connectivity index (χ4n) is 2.24. The number of nitrogens with two attached hydrogens (primary N) is 1. The summed E-state index contributed by atoms with van der Waals surface area (Å²) in [5, 5.41) is 0. The maximum absolute atomic E-state index is 6.15. The van der Waals surface area contributed by atoms with Crippen molar-refractivity contribution in [3.8, 4) is 0 Å². The fraction of sp³-hybridized carbons (Fsp3) is 0.692. The van der Waals surface area contributed by atoms with E-state index < -0.39 is 0 Å². The van der Waals surface area contributed by atoms with Gasteiger partial charge in [-0.3, -0.25) is 0 Å². The van der Waals surface area contributed by atoms with Crippen molar-refractivity contribution in [2.24, 2.45) is 17.1 Å². The van der Waals surface area contributed by atoms with E-state index in [9.17, 15) is 0 Å². The Hall–Kier alpha value is -0.560. The van der Waals surface area contributed by atoms with Crippen molar-refractivity contribution < 1.29 is 0 Å². The van der Waals surface area contributed by atoms with Crippen LogP contribution in [0.4, 0.5) is 0 Å². The largest absolute Gasteiger partial charge is 0.324 e. The van der Waals surface area contributed by atoms with Gasteiger partial charge in [0.05, 0.1) is 0 Å². The lowest BCUT2D eigenvalue weighted by Crippen LogP contribution is -2.28. The zero-order valence-corrected chi connectivity index (χ0v) is 9.51. The Bertz CT molecular complexity index is 292. The van der Waals surface area contributed by atoms with Crippen LogP contribution in [0.1, 0.15) is 40.0 Å². The minimum Gasteiger partial charge on any atom is -0.324 e. The summed E-state index contributed by atoms with van der Waals surface area (Å²) in [5.74, 6) is 0.639. The van der Waals surface area contributed by atoms with Crippen LogP contribution >= 0.6 is 0 Å². The molecule has 2 aliphatic carbocycles. The third-order valence-corrected chi connectivity index (χ3v) is 3.69. The minimum atomic E-state index is 0.282. The van der Waals surface area contributed by atoms with E-state index >= 15 is 0 Å². The lowest BCUT2D eigenvalue weighted by molar-refractivity contribution is 0.580. The molecule has 0 aliphatic heterocycles. The van der Waals surface area contributed by atoms with Gasteiger partial charge in [0.1, 0.15) is 0 Å². The Labute approximate surface area is 87.1 Å². The summed E-state index contributed by atoms with van der Waals surface area (Å²) in [6.45, 7) is 6.86. The summed E-state index contributed by atoms with van der Waals surface area (Å²) in [6.07, 6.45) is 8.38. The number of rotatable bonds is 2. The van der Waals surface area contributed by atoms with Gasteiger partial charge in [-0.25, -0.2) is 0 Å². The topological polar surface area (TPSA) is 26.0 Å². The molecule has 1 unspecified atom stereocenters. The van der Waals surface area contributed by atoms with Gasteiger partial charge in [-0.05, 0) is 41.7 Å². The van der Waals surface area contributed by atoms with Gasteiger partial charge in [-0.1, -0.05) is 32.9 Å². The predicted molar refractivity (Wildman–Crippen MR) is 60.9 cm³/mol. The monoisotopic (exact) mass is 191 g/mol. The van der Waals surface area contributed by atoms with Crippen molar-refractivity contribution in [3.63, 3.8) is 0 Å². The molecule has 0 amide bonds. The Kier molecular flexibility index (Phi) is 2.30. The summed E-state index contributed by atoms with van der Waals surface area (Å²) >= 11 is 0. The Morgan fingerprint density at radius 3 is 2.57 bits per heavy atom. The first-order valence-electron chi connectivity index (χ1n) is 5.71. The van der Waals surface area contributed by atoms with Crippen molar-refractivity contribution in [3.05, 3.63) is 23.3 Å². The average molecular weight is 191 g/mol. The number of allylic oxidation sites excluding steroid dienone is 2. The molecule has 0 radical (unpaired) electrons. The third kappa shape index (κ3) is 1.66. The molecule has 1 heteroatoms. The van der Waals surface area contributed by atoms with E-state index in [1.807, 2.05) is 0 Å². The van der Waals surface area contributed by atoms with Crippen LogP contribution in [0.5, 0.6) is 0 Å². The first-order chi connectivity index (χ1) is 6.53. The highest BCUT2D eigenvalue weighted by Crippen LogP contribution is 2.53. The van der Waals surface area contributed by atoms with Crippen molar-refractivity contribution >= 4 is 0 Å². The molecule has 1 fully saturated rings. The van der Waals surface area contributed by atoms with Gasteiger partial charge in [0, 0.05) is 6.04 Å². The molecule has 2 aliphatic rings. The molecule has 0 spiro atoms. The van der Waals surface area contributed by atoms with E-state index in [0.29, 0.717) is 11.3 Å². The molecular weight excluding hydrogens is 170 g/mol. The van der Waals surface area contributed by atoms with Crippen LogP contribution < -0.4 is 5.73 Å². The van der Waals surface area contributed by atoms with E-state index in [1.165, 1.54) is 24.0 Å². The lowest BCUT2D eigenvalue weighted by Gasteiger charge is -2.26. The van der Waals surface area contributed by atoms with Gasteiger partial charge >= 0.3 is 0 Å². The number of hydrogen-bond donors (Lipinski definition) is 1. The molecule has 0 aromatic heterocycles. The summed E-state index contributed by atoms with van der Waals surface area (Å²) < 4.78 is 0. The zero-order chi connectivity index (χ0) is 10.3. The number of hydrogen-bond acceptors (Lipinski definition) is 1. The van der Waals surface area contributed by atoms with Crippen LogP contribution in [0, 0.1) is 11.3 Å². The smallest absolute Gasteiger partial charge is 0.0297 e. The first kappa shape index (κ1) is 9.97. The highest BCUT2D eigenvalue weighted by Gasteiger charge is 2.43.